The van der Waals surface area contributed by atoms with Crippen LogP contribution < -0.4 is 19.1 Å². The van der Waals surface area contributed by atoms with Crippen molar-refractivity contribution in [2.24, 2.45) is 0 Å². The molecule has 0 spiro atoms. The molecule has 2 amide bonds. The molecule has 44 heavy (non-hydrogen) atoms. The second-order valence-corrected chi connectivity index (χ2v) is 12.6. The molecular formula is C33H40FN3O6S. The van der Waals surface area contributed by atoms with Crippen molar-refractivity contribution in [3.63, 3.8) is 0 Å². The van der Waals surface area contributed by atoms with Crippen LogP contribution in [0.25, 0.3) is 0 Å². The third-order valence-electron chi connectivity index (χ3n) is 7.75. The predicted molar refractivity (Wildman–Crippen MR) is 167 cm³/mol. The van der Waals surface area contributed by atoms with Crippen molar-refractivity contribution >= 4 is 27.5 Å². The van der Waals surface area contributed by atoms with Crippen LogP contribution in [-0.2, 0) is 26.2 Å². The lowest BCUT2D eigenvalue weighted by molar-refractivity contribution is -0.139. The standard InChI is InChI=1S/C33H40FN3O6S/c1-4-43-30-18-14-28(15-19-30)37(44(40,41)31-20-12-26(34)13-21-31)23-32(38)36(22-25-10-16-29(42-3)17-11-25)24(2)33(39)35-27-8-6-5-7-9-27/h10-21,24,27H,4-9,22-23H2,1-3H3,(H,35,39)/t24-/m1/s1. The highest BCUT2D eigenvalue weighted by Gasteiger charge is 2.33. The lowest BCUT2D eigenvalue weighted by atomic mass is 9.95. The van der Waals surface area contributed by atoms with Crippen LogP contribution in [0.3, 0.4) is 0 Å². The van der Waals surface area contributed by atoms with Crippen LogP contribution >= 0.6 is 0 Å². The fraction of sp³-hybridized carbons (Fsp3) is 0.394. The zero-order valence-electron chi connectivity index (χ0n) is 25.4. The molecule has 1 fully saturated rings. The first-order chi connectivity index (χ1) is 21.1. The molecule has 0 aliphatic heterocycles. The molecule has 0 unspecified atom stereocenters. The lowest BCUT2D eigenvalue weighted by Crippen LogP contribution is -2.53. The van der Waals surface area contributed by atoms with Crippen molar-refractivity contribution in [2.75, 3.05) is 24.6 Å². The van der Waals surface area contributed by atoms with Gasteiger partial charge >= 0.3 is 0 Å². The van der Waals surface area contributed by atoms with Crippen LogP contribution in [0.15, 0.2) is 77.7 Å². The van der Waals surface area contributed by atoms with Gasteiger partial charge in [-0.15, -0.1) is 0 Å². The van der Waals surface area contributed by atoms with Crippen LogP contribution in [0, 0.1) is 5.82 Å². The van der Waals surface area contributed by atoms with Crippen LogP contribution in [0.4, 0.5) is 10.1 Å². The molecule has 1 atom stereocenters. The van der Waals surface area contributed by atoms with Crippen molar-refractivity contribution in [2.45, 2.75) is 69.5 Å². The summed E-state index contributed by atoms with van der Waals surface area (Å²) in [4.78, 5) is 28.8. The highest BCUT2D eigenvalue weighted by Crippen LogP contribution is 2.27. The highest BCUT2D eigenvalue weighted by atomic mass is 32.2. The van der Waals surface area contributed by atoms with E-state index in [0.717, 1.165) is 66.2 Å². The monoisotopic (exact) mass is 625 g/mol. The largest absolute Gasteiger partial charge is 0.497 e. The summed E-state index contributed by atoms with van der Waals surface area (Å²) in [5.74, 6) is -0.284. The Hall–Kier alpha value is -4.12. The molecule has 3 aromatic rings. The molecule has 3 aromatic carbocycles. The summed E-state index contributed by atoms with van der Waals surface area (Å²) < 4.78 is 53.3. The summed E-state index contributed by atoms with van der Waals surface area (Å²) in [6.45, 7) is 3.38. The summed E-state index contributed by atoms with van der Waals surface area (Å²) in [6, 6.07) is 17.0. The quantitative estimate of drug-likeness (QED) is 0.277. The lowest BCUT2D eigenvalue weighted by Gasteiger charge is -2.33. The van der Waals surface area contributed by atoms with E-state index in [-0.39, 0.29) is 29.1 Å². The number of amides is 2. The van der Waals surface area contributed by atoms with Gasteiger partial charge in [0.25, 0.3) is 10.0 Å². The summed E-state index contributed by atoms with van der Waals surface area (Å²) >= 11 is 0. The number of nitrogens with one attached hydrogen (secondary N) is 1. The van der Waals surface area contributed by atoms with E-state index in [0.29, 0.717) is 18.1 Å². The zero-order chi connectivity index (χ0) is 31.7. The smallest absolute Gasteiger partial charge is 0.264 e. The van der Waals surface area contributed by atoms with Crippen molar-refractivity contribution in [3.8, 4) is 11.5 Å². The van der Waals surface area contributed by atoms with Gasteiger partial charge in [-0.3, -0.25) is 13.9 Å². The first kappa shape index (κ1) is 32.8. The van der Waals surface area contributed by atoms with Gasteiger partial charge in [0.15, 0.2) is 0 Å². The van der Waals surface area contributed by atoms with Gasteiger partial charge in [-0.1, -0.05) is 31.4 Å². The van der Waals surface area contributed by atoms with Crippen molar-refractivity contribution < 1.29 is 31.9 Å². The van der Waals surface area contributed by atoms with Crippen LogP contribution in [-0.4, -0.2) is 57.5 Å². The van der Waals surface area contributed by atoms with E-state index in [4.69, 9.17) is 9.47 Å². The van der Waals surface area contributed by atoms with E-state index >= 15 is 0 Å². The summed E-state index contributed by atoms with van der Waals surface area (Å²) in [7, 11) is -2.76. The Morgan fingerprint density at radius 3 is 2.14 bits per heavy atom. The Kier molecular flexibility index (Phi) is 11.2. The number of nitrogens with zero attached hydrogens (tertiary/aromatic N) is 2. The first-order valence-electron chi connectivity index (χ1n) is 14.9. The summed E-state index contributed by atoms with van der Waals surface area (Å²) in [5, 5.41) is 3.09. The van der Waals surface area contributed by atoms with E-state index in [9.17, 15) is 22.4 Å². The van der Waals surface area contributed by atoms with Gasteiger partial charge in [-0.05, 0) is 92.9 Å². The molecule has 1 N–H and O–H groups in total. The molecule has 11 heteroatoms. The van der Waals surface area contributed by atoms with Gasteiger partial charge in [0.1, 0.15) is 29.9 Å². The molecular weight excluding hydrogens is 585 g/mol. The number of methoxy groups -OCH3 is 1. The van der Waals surface area contributed by atoms with E-state index in [1.807, 2.05) is 6.92 Å². The van der Waals surface area contributed by atoms with E-state index in [1.165, 1.54) is 4.90 Å². The van der Waals surface area contributed by atoms with Gasteiger partial charge in [0, 0.05) is 12.6 Å². The summed E-state index contributed by atoms with van der Waals surface area (Å²) in [5.41, 5.74) is 0.959. The zero-order valence-corrected chi connectivity index (χ0v) is 26.2. The third kappa shape index (κ3) is 8.28. The molecule has 0 radical (unpaired) electrons. The van der Waals surface area contributed by atoms with Crippen molar-refractivity contribution in [1.82, 2.24) is 10.2 Å². The number of carbonyl (C=O) groups is 2. The highest BCUT2D eigenvalue weighted by molar-refractivity contribution is 7.92. The molecule has 4 rings (SSSR count). The SMILES string of the molecule is CCOc1ccc(N(CC(=O)N(Cc2ccc(OC)cc2)[C@H](C)C(=O)NC2CCCCC2)S(=O)(=O)c2ccc(F)cc2)cc1. The molecule has 9 nitrogen and oxygen atoms in total. The topological polar surface area (TPSA) is 105 Å². The second kappa shape index (κ2) is 15.1. The summed E-state index contributed by atoms with van der Waals surface area (Å²) in [6.07, 6.45) is 4.96. The minimum atomic E-state index is -4.31. The van der Waals surface area contributed by atoms with Gasteiger partial charge in [0.05, 0.1) is 24.3 Å². The van der Waals surface area contributed by atoms with Crippen LogP contribution in [0.2, 0.25) is 0 Å². The maximum atomic E-state index is 14.1. The number of rotatable bonds is 13. The minimum absolute atomic E-state index is 0.0378. The van der Waals surface area contributed by atoms with Crippen molar-refractivity contribution in [1.29, 1.82) is 0 Å². The van der Waals surface area contributed by atoms with Gasteiger partial charge in [0.2, 0.25) is 11.8 Å². The molecule has 0 aromatic heterocycles. The number of benzene rings is 3. The normalized spacial score (nSPS) is 14.4. The number of ether oxygens (including phenoxy) is 2. The van der Waals surface area contributed by atoms with Gasteiger partial charge in [-0.2, -0.15) is 0 Å². The average Bonchev–Trinajstić information content (AvgIpc) is 3.03. The molecule has 236 valence electrons. The third-order valence-corrected chi connectivity index (χ3v) is 9.54. The molecule has 1 aliphatic rings. The van der Waals surface area contributed by atoms with E-state index in [1.54, 1.807) is 62.6 Å². The Balaban J connectivity index is 1.67. The first-order valence-corrected chi connectivity index (χ1v) is 16.3. The number of halogens is 1. The molecule has 0 bridgehead atoms. The predicted octanol–water partition coefficient (Wildman–Crippen LogP) is 5.29. The van der Waals surface area contributed by atoms with E-state index in [2.05, 4.69) is 5.32 Å². The second-order valence-electron chi connectivity index (χ2n) is 10.8. The maximum Gasteiger partial charge on any atom is 0.264 e. The Bertz CT molecular complexity index is 1490. The van der Waals surface area contributed by atoms with Crippen LogP contribution in [0.5, 0.6) is 11.5 Å². The number of hydrogen-bond acceptors (Lipinski definition) is 6. The number of sulfonamides is 1. The average molecular weight is 626 g/mol. The van der Waals surface area contributed by atoms with Crippen LogP contribution in [0.1, 0.15) is 51.5 Å². The molecule has 1 saturated carbocycles. The molecule has 0 saturated heterocycles. The number of hydrogen-bond donors (Lipinski definition) is 1. The Morgan fingerprint density at radius 2 is 1.55 bits per heavy atom. The maximum absolute atomic E-state index is 14.1. The Morgan fingerprint density at radius 1 is 0.932 bits per heavy atom. The fourth-order valence-electron chi connectivity index (χ4n) is 5.22. The number of carbonyl (C=O) groups excluding carboxylic acids is 2. The fourth-order valence-corrected chi connectivity index (χ4v) is 6.63. The van der Waals surface area contributed by atoms with Gasteiger partial charge < -0.3 is 19.7 Å². The Labute approximate surface area is 259 Å². The van der Waals surface area contributed by atoms with Gasteiger partial charge in [-0.25, -0.2) is 12.8 Å². The molecule has 1 aliphatic carbocycles. The number of anilines is 1. The minimum Gasteiger partial charge on any atom is -0.497 e. The van der Waals surface area contributed by atoms with E-state index < -0.39 is 34.3 Å². The van der Waals surface area contributed by atoms with Crippen molar-refractivity contribution in [3.05, 3.63) is 84.2 Å². The molecule has 0 heterocycles.